The SMILES string of the molecule is CNC(=O)COc1ccc(-c2nc3c(NC4CCN(Cc5ccccc5OC)C4)c(Br)cnc3[nH]2)cc1. The van der Waals surface area contributed by atoms with E-state index < -0.39 is 0 Å². The fourth-order valence-corrected chi connectivity index (χ4v) is 4.91. The molecular weight excluding hydrogens is 536 g/mol. The summed E-state index contributed by atoms with van der Waals surface area (Å²) in [5.74, 6) is 2.08. The summed E-state index contributed by atoms with van der Waals surface area (Å²) < 4.78 is 11.9. The Morgan fingerprint density at radius 1 is 1.22 bits per heavy atom. The van der Waals surface area contributed by atoms with E-state index in [0.717, 1.165) is 53.0 Å². The van der Waals surface area contributed by atoms with Crippen LogP contribution < -0.4 is 20.1 Å². The number of carbonyl (C=O) groups excluding carboxylic acids is 1. The van der Waals surface area contributed by atoms with Gasteiger partial charge in [0, 0.05) is 50.0 Å². The van der Waals surface area contributed by atoms with Crippen molar-refractivity contribution in [2.24, 2.45) is 0 Å². The number of hydrogen-bond donors (Lipinski definition) is 3. The highest BCUT2D eigenvalue weighted by Gasteiger charge is 2.25. The number of H-pyrrole nitrogens is 1. The van der Waals surface area contributed by atoms with E-state index in [1.807, 2.05) is 36.4 Å². The van der Waals surface area contributed by atoms with Crippen LogP contribution in [0.3, 0.4) is 0 Å². The molecule has 1 aliphatic rings. The van der Waals surface area contributed by atoms with Gasteiger partial charge >= 0.3 is 0 Å². The van der Waals surface area contributed by atoms with Crippen molar-refractivity contribution in [1.82, 2.24) is 25.2 Å². The van der Waals surface area contributed by atoms with Crippen molar-refractivity contribution in [2.75, 3.05) is 39.2 Å². The van der Waals surface area contributed by atoms with Gasteiger partial charge in [0.1, 0.15) is 22.8 Å². The lowest BCUT2D eigenvalue weighted by molar-refractivity contribution is -0.122. The van der Waals surface area contributed by atoms with Crippen molar-refractivity contribution in [3.05, 3.63) is 64.8 Å². The molecule has 192 valence electrons. The molecule has 1 aliphatic heterocycles. The fourth-order valence-electron chi connectivity index (χ4n) is 4.51. The first-order valence-corrected chi connectivity index (χ1v) is 12.9. The van der Waals surface area contributed by atoms with E-state index in [-0.39, 0.29) is 18.6 Å². The van der Waals surface area contributed by atoms with E-state index in [1.54, 1.807) is 20.4 Å². The van der Waals surface area contributed by atoms with Crippen LogP contribution in [0.15, 0.2) is 59.2 Å². The van der Waals surface area contributed by atoms with Gasteiger partial charge in [-0.25, -0.2) is 9.97 Å². The van der Waals surface area contributed by atoms with Gasteiger partial charge in [0.2, 0.25) is 0 Å². The Bertz CT molecular complexity index is 1390. The van der Waals surface area contributed by atoms with Gasteiger partial charge in [-0.2, -0.15) is 0 Å². The van der Waals surface area contributed by atoms with Crippen LogP contribution in [0.2, 0.25) is 0 Å². The molecular formula is C27H29BrN6O3. The second-order valence-electron chi connectivity index (χ2n) is 8.93. The third-order valence-electron chi connectivity index (χ3n) is 6.45. The summed E-state index contributed by atoms with van der Waals surface area (Å²) in [6.45, 7) is 2.75. The summed E-state index contributed by atoms with van der Waals surface area (Å²) in [4.78, 5) is 26.6. The minimum atomic E-state index is -0.178. The molecule has 0 saturated carbocycles. The lowest BCUT2D eigenvalue weighted by atomic mass is 10.2. The van der Waals surface area contributed by atoms with Gasteiger partial charge in [0.15, 0.2) is 12.3 Å². The number of pyridine rings is 1. The molecule has 1 atom stereocenters. The number of nitrogens with zero attached hydrogens (tertiary/aromatic N) is 3. The topological polar surface area (TPSA) is 104 Å². The Balaban J connectivity index is 1.29. The summed E-state index contributed by atoms with van der Waals surface area (Å²) >= 11 is 3.66. The number of aromatic amines is 1. The number of para-hydroxylation sites is 1. The molecule has 2 aromatic heterocycles. The number of rotatable bonds is 9. The van der Waals surface area contributed by atoms with Crippen LogP contribution in [0.5, 0.6) is 11.5 Å². The van der Waals surface area contributed by atoms with Crippen LogP contribution in [0.4, 0.5) is 5.69 Å². The third-order valence-corrected chi connectivity index (χ3v) is 7.05. The molecule has 0 spiro atoms. The van der Waals surface area contributed by atoms with Crippen molar-refractivity contribution in [3.8, 4) is 22.9 Å². The number of likely N-dealkylation sites (tertiary alicyclic amines) is 1. The van der Waals surface area contributed by atoms with Crippen LogP contribution in [0.25, 0.3) is 22.6 Å². The Kier molecular flexibility index (Phi) is 7.57. The molecule has 1 amide bonds. The number of imidazole rings is 1. The van der Waals surface area contributed by atoms with Crippen LogP contribution in [-0.2, 0) is 11.3 Å². The van der Waals surface area contributed by atoms with Gasteiger partial charge in [0.05, 0.1) is 17.3 Å². The number of methoxy groups -OCH3 is 1. The molecule has 37 heavy (non-hydrogen) atoms. The highest BCUT2D eigenvalue weighted by molar-refractivity contribution is 9.10. The van der Waals surface area contributed by atoms with E-state index >= 15 is 0 Å². The van der Waals surface area contributed by atoms with E-state index in [0.29, 0.717) is 17.2 Å². The number of carbonyl (C=O) groups is 1. The van der Waals surface area contributed by atoms with E-state index in [4.69, 9.17) is 14.5 Å². The predicted octanol–water partition coefficient (Wildman–Crippen LogP) is 4.21. The maximum absolute atomic E-state index is 11.4. The molecule has 3 heterocycles. The zero-order chi connectivity index (χ0) is 25.8. The minimum absolute atomic E-state index is 0.0229. The zero-order valence-corrected chi connectivity index (χ0v) is 22.3. The molecule has 3 N–H and O–H groups in total. The number of anilines is 1. The highest BCUT2D eigenvalue weighted by atomic mass is 79.9. The van der Waals surface area contributed by atoms with E-state index in [9.17, 15) is 4.79 Å². The number of fused-ring (bicyclic) bond motifs is 1. The number of aromatic nitrogens is 3. The van der Waals surface area contributed by atoms with Gasteiger partial charge < -0.3 is 25.1 Å². The Morgan fingerprint density at radius 2 is 2.03 bits per heavy atom. The Labute approximate surface area is 223 Å². The Hall–Kier alpha value is -3.63. The molecule has 0 bridgehead atoms. The number of hydrogen-bond acceptors (Lipinski definition) is 7. The maximum Gasteiger partial charge on any atom is 0.257 e. The summed E-state index contributed by atoms with van der Waals surface area (Å²) in [7, 11) is 3.30. The fraction of sp³-hybridized carbons (Fsp3) is 0.296. The van der Waals surface area contributed by atoms with E-state index in [2.05, 4.69) is 53.6 Å². The third kappa shape index (κ3) is 5.70. The normalized spacial score (nSPS) is 15.6. The standard InChI is InChI=1S/C27H29BrN6O3/c1-29-23(35)16-37-20-9-7-17(8-10-20)26-32-25-24(21(28)13-30-27(25)33-26)31-19-11-12-34(15-19)14-18-5-3-4-6-22(18)36-2/h3-10,13,19H,11-12,14-16H2,1-2H3,(H,29,35)(H2,30,31,32,33). The highest BCUT2D eigenvalue weighted by Crippen LogP contribution is 2.33. The van der Waals surface area contributed by atoms with Crippen molar-refractivity contribution >= 4 is 38.7 Å². The minimum Gasteiger partial charge on any atom is -0.496 e. The summed E-state index contributed by atoms with van der Waals surface area (Å²) in [5, 5.41) is 6.24. The zero-order valence-electron chi connectivity index (χ0n) is 20.8. The van der Waals surface area contributed by atoms with Gasteiger partial charge in [-0.1, -0.05) is 18.2 Å². The quantitative estimate of drug-likeness (QED) is 0.279. The van der Waals surface area contributed by atoms with Crippen molar-refractivity contribution in [1.29, 1.82) is 0 Å². The first kappa shape index (κ1) is 25.0. The van der Waals surface area contributed by atoms with E-state index in [1.165, 1.54) is 5.56 Å². The van der Waals surface area contributed by atoms with Crippen LogP contribution in [-0.4, -0.2) is 65.7 Å². The number of likely N-dealkylation sites (N-methyl/N-ethyl adjacent to an activating group) is 1. The van der Waals surface area contributed by atoms with Gasteiger partial charge in [-0.05, 0) is 52.7 Å². The molecule has 1 fully saturated rings. The van der Waals surface area contributed by atoms with Gasteiger partial charge in [-0.3, -0.25) is 9.69 Å². The largest absolute Gasteiger partial charge is 0.496 e. The Morgan fingerprint density at radius 3 is 2.81 bits per heavy atom. The molecule has 9 nitrogen and oxygen atoms in total. The van der Waals surface area contributed by atoms with Crippen molar-refractivity contribution in [3.63, 3.8) is 0 Å². The number of ether oxygens (including phenoxy) is 2. The van der Waals surface area contributed by atoms with Gasteiger partial charge in [-0.15, -0.1) is 0 Å². The summed E-state index contributed by atoms with van der Waals surface area (Å²) in [5.41, 5.74) is 4.52. The summed E-state index contributed by atoms with van der Waals surface area (Å²) in [6, 6.07) is 15.9. The first-order chi connectivity index (χ1) is 18.0. The second kappa shape index (κ2) is 11.2. The molecule has 4 aromatic rings. The molecule has 1 unspecified atom stereocenters. The van der Waals surface area contributed by atoms with Crippen molar-refractivity contribution < 1.29 is 14.3 Å². The maximum atomic E-state index is 11.4. The molecule has 10 heteroatoms. The molecule has 5 rings (SSSR count). The average Bonchev–Trinajstić information content (AvgIpc) is 3.56. The molecule has 2 aromatic carbocycles. The first-order valence-electron chi connectivity index (χ1n) is 12.1. The monoisotopic (exact) mass is 564 g/mol. The smallest absolute Gasteiger partial charge is 0.257 e. The van der Waals surface area contributed by atoms with Crippen LogP contribution in [0, 0.1) is 0 Å². The number of benzene rings is 2. The van der Waals surface area contributed by atoms with Crippen LogP contribution in [0.1, 0.15) is 12.0 Å². The number of halogens is 1. The number of nitrogens with one attached hydrogen (secondary N) is 3. The van der Waals surface area contributed by atoms with Crippen molar-refractivity contribution in [2.45, 2.75) is 19.0 Å². The molecule has 0 aliphatic carbocycles. The molecule has 1 saturated heterocycles. The average molecular weight is 565 g/mol. The second-order valence-corrected chi connectivity index (χ2v) is 9.78. The predicted molar refractivity (Wildman–Crippen MR) is 147 cm³/mol. The van der Waals surface area contributed by atoms with Gasteiger partial charge in [0.25, 0.3) is 5.91 Å². The van der Waals surface area contributed by atoms with Crippen LogP contribution >= 0.6 is 15.9 Å². The lowest BCUT2D eigenvalue weighted by Gasteiger charge is -2.19. The lowest BCUT2D eigenvalue weighted by Crippen LogP contribution is -2.26. The summed E-state index contributed by atoms with van der Waals surface area (Å²) in [6.07, 6.45) is 2.82. The molecule has 0 radical (unpaired) electrons. The number of amides is 1.